The molecule has 2 aromatic carbocycles. The number of likely N-dealkylation sites (tertiary alicyclic amines) is 1. The third kappa shape index (κ3) is 2.52. The van der Waals surface area contributed by atoms with E-state index in [9.17, 15) is 29.9 Å². The van der Waals surface area contributed by atoms with Crippen LogP contribution in [0.15, 0.2) is 43.0 Å². The van der Waals surface area contributed by atoms with Gasteiger partial charge in [0.15, 0.2) is 11.5 Å². The number of rotatable bonds is 4. The normalized spacial score (nSPS) is 33.1. The highest BCUT2D eigenvalue weighted by molar-refractivity contribution is 6.22. The molecule has 3 aliphatic heterocycles. The van der Waals surface area contributed by atoms with E-state index < -0.39 is 39.9 Å². The SMILES string of the molecule is C=CCN1CC[C@]23c4c5ccc(O)c4O[C@H]2[C@H](N2C(=O)c4ccc([N+](=O)[O-])cc4C2=O)CC[C@@]3(O)[C@H]1C5. The maximum atomic E-state index is 13.6. The number of hydrogen-bond donors (Lipinski definition) is 2. The zero-order valence-corrected chi connectivity index (χ0v) is 19.9. The van der Waals surface area contributed by atoms with Gasteiger partial charge in [0, 0.05) is 30.3 Å². The monoisotopic (exact) mass is 503 g/mol. The number of ether oxygens (including phenoxy) is 1. The number of nitro groups is 1. The molecule has 3 heterocycles. The maximum Gasteiger partial charge on any atom is 0.270 e. The molecule has 190 valence electrons. The molecule has 2 N–H and O–H groups in total. The number of carbonyl (C=O) groups excluding carboxylic acids is 2. The van der Waals surface area contributed by atoms with Crippen molar-refractivity contribution in [2.45, 2.75) is 54.9 Å². The zero-order chi connectivity index (χ0) is 25.9. The lowest BCUT2D eigenvalue weighted by molar-refractivity contribution is -0.384. The summed E-state index contributed by atoms with van der Waals surface area (Å²) in [6.07, 6.45) is 2.81. The number of nitro benzene ring substituents is 1. The zero-order valence-electron chi connectivity index (χ0n) is 19.9. The number of nitrogens with zero attached hydrogens (tertiary/aromatic N) is 3. The van der Waals surface area contributed by atoms with E-state index in [1.165, 1.54) is 12.1 Å². The Labute approximate surface area is 211 Å². The topological polar surface area (TPSA) is 133 Å². The lowest BCUT2D eigenvalue weighted by Crippen LogP contribution is -2.78. The Morgan fingerprint density at radius 2 is 1.97 bits per heavy atom. The first-order valence-corrected chi connectivity index (χ1v) is 12.5. The highest BCUT2D eigenvalue weighted by Crippen LogP contribution is 2.66. The maximum absolute atomic E-state index is 13.6. The second-order valence-corrected chi connectivity index (χ2v) is 10.7. The standard InChI is InChI=1S/C27H25N3O7/c1-2-10-28-11-9-26-21-14-3-6-19(31)22(21)37-23(26)18(7-8-27(26,34)20(28)12-14)29-24(32)16-5-4-15(30(35)36)13-17(16)25(29)33/h2-6,13,18,20,23,31,34H,1,7-12H2/t18-,20-,23+,26+,27-/m1/s1. The van der Waals surface area contributed by atoms with Gasteiger partial charge in [0.05, 0.1) is 33.1 Å². The second kappa shape index (κ2) is 7.17. The number of fused-ring (bicyclic) bond motifs is 1. The first-order chi connectivity index (χ1) is 17.7. The summed E-state index contributed by atoms with van der Waals surface area (Å²) in [4.78, 5) is 41.2. The molecule has 1 saturated carbocycles. The fourth-order valence-electron chi connectivity index (χ4n) is 7.92. The number of aliphatic hydroxyl groups is 1. The van der Waals surface area contributed by atoms with Gasteiger partial charge in [0.1, 0.15) is 6.10 Å². The van der Waals surface area contributed by atoms with Gasteiger partial charge in [-0.1, -0.05) is 12.1 Å². The average Bonchev–Trinajstić information content (AvgIpc) is 3.35. The van der Waals surface area contributed by atoms with Crippen LogP contribution in [0.1, 0.15) is 51.1 Å². The van der Waals surface area contributed by atoms with Crippen LogP contribution in [-0.2, 0) is 11.8 Å². The Hall–Kier alpha value is -3.76. The Kier molecular flexibility index (Phi) is 4.35. The van der Waals surface area contributed by atoms with Crippen molar-refractivity contribution in [3.63, 3.8) is 0 Å². The lowest BCUT2D eigenvalue weighted by Gasteiger charge is -2.64. The fraction of sp³-hybridized carbons (Fsp3) is 0.407. The molecule has 1 saturated heterocycles. The molecule has 2 bridgehead atoms. The van der Waals surface area contributed by atoms with E-state index in [0.717, 1.165) is 22.1 Å². The first-order valence-electron chi connectivity index (χ1n) is 12.5. The van der Waals surface area contributed by atoms with Crippen LogP contribution < -0.4 is 4.74 Å². The Morgan fingerprint density at radius 3 is 2.73 bits per heavy atom. The van der Waals surface area contributed by atoms with Crippen molar-refractivity contribution >= 4 is 17.5 Å². The van der Waals surface area contributed by atoms with Gasteiger partial charge in [-0.3, -0.25) is 29.5 Å². The van der Waals surface area contributed by atoms with Gasteiger partial charge in [0.25, 0.3) is 17.5 Å². The van der Waals surface area contributed by atoms with Gasteiger partial charge >= 0.3 is 0 Å². The molecule has 2 aliphatic carbocycles. The number of phenolic OH excluding ortho intramolecular Hbond substituents is 1. The molecule has 5 aliphatic rings. The van der Waals surface area contributed by atoms with Gasteiger partial charge in [-0.15, -0.1) is 6.58 Å². The molecule has 1 spiro atoms. The quantitative estimate of drug-likeness (QED) is 0.281. The molecule has 10 nitrogen and oxygen atoms in total. The summed E-state index contributed by atoms with van der Waals surface area (Å²) in [6, 6.07) is 6.23. The number of piperidine rings is 1. The van der Waals surface area contributed by atoms with Crippen molar-refractivity contribution in [2.75, 3.05) is 13.1 Å². The summed E-state index contributed by atoms with van der Waals surface area (Å²) < 4.78 is 6.45. The third-order valence-corrected chi connectivity index (χ3v) is 9.35. The number of aromatic hydroxyl groups is 1. The number of hydrogen-bond acceptors (Lipinski definition) is 8. The van der Waals surface area contributed by atoms with Crippen LogP contribution in [0.2, 0.25) is 0 Å². The predicted molar refractivity (Wildman–Crippen MR) is 130 cm³/mol. The molecule has 2 amide bonds. The summed E-state index contributed by atoms with van der Waals surface area (Å²) >= 11 is 0. The van der Waals surface area contributed by atoms with E-state index in [1.807, 2.05) is 12.1 Å². The van der Waals surface area contributed by atoms with Crippen molar-refractivity contribution in [3.05, 3.63) is 75.4 Å². The number of phenols is 1. The minimum Gasteiger partial charge on any atom is -0.504 e. The highest BCUT2D eigenvalue weighted by Gasteiger charge is 2.74. The highest BCUT2D eigenvalue weighted by atomic mass is 16.6. The summed E-state index contributed by atoms with van der Waals surface area (Å²) in [5.74, 6) is -0.845. The fourth-order valence-corrected chi connectivity index (χ4v) is 7.92. The molecule has 0 aromatic heterocycles. The van der Waals surface area contributed by atoms with Gasteiger partial charge in [0.2, 0.25) is 0 Å². The van der Waals surface area contributed by atoms with Crippen LogP contribution in [0.4, 0.5) is 5.69 Å². The van der Waals surface area contributed by atoms with Crippen molar-refractivity contribution in [1.29, 1.82) is 0 Å². The van der Waals surface area contributed by atoms with Crippen molar-refractivity contribution in [3.8, 4) is 11.5 Å². The predicted octanol–water partition coefficient (Wildman–Crippen LogP) is 2.31. The summed E-state index contributed by atoms with van der Waals surface area (Å²) in [6.45, 7) is 5.16. The molecule has 2 fully saturated rings. The van der Waals surface area contributed by atoms with Gasteiger partial charge in [-0.05, 0) is 49.9 Å². The number of amides is 2. The Balaban J connectivity index is 1.37. The molecule has 2 aromatic rings. The van der Waals surface area contributed by atoms with Crippen molar-refractivity contribution < 1.29 is 29.5 Å². The van der Waals surface area contributed by atoms with E-state index in [2.05, 4.69) is 11.5 Å². The Morgan fingerprint density at radius 1 is 1.19 bits per heavy atom. The molecule has 0 radical (unpaired) electrons. The molecular weight excluding hydrogens is 478 g/mol. The van der Waals surface area contributed by atoms with E-state index in [1.54, 1.807) is 6.07 Å². The summed E-state index contributed by atoms with van der Waals surface area (Å²) in [7, 11) is 0. The smallest absolute Gasteiger partial charge is 0.270 e. The average molecular weight is 504 g/mol. The molecule has 5 atom stereocenters. The number of non-ortho nitro benzene ring substituents is 1. The van der Waals surface area contributed by atoms with Gasteiger partial charge in [-0.2, -0.15) is 0 Å². The number of imide groups is 1. The van der Waals surface area contributed by atoms with E-state index >= 15 is 0 Å². The minimum absolute atomic E-state index is 0.00101. The minimum atomic E-state index is -1.20. The van der Waals surface area contributed by atoms with Gasteiger partial charge in [-0.25, -0.2) is 0 Å². The van der Waals surface area contributed by atoms with Crippen LogP contribution >= 0.6 is 0 Å². The molecule has 37 heavy (non-hydrogen) atoms. The summed E-state index contributed by atoms with van der Waals surface area (Å²) in [5, 5.41) is 34.5. The van der Waals surface area contributed by atoms with Crippen molar-refractivity contribution in [1.82, 2.24) is 9.80 Å². The molecule has 7 rings (SSSR count). The van der Waals surface area contributed by atoms with Crippen LogP contribution in [-0.4, -0.2) is 73.6 Å². The van der Waals surface area contributed by atoms with E-state index in [0.29, 0.717) is 44.5 Å². The second-order valence-electron chi connectivity index (χ2n) is 10.7. The number of benzene rings is 2. The van der Waals surface area contributed by atoms with E-state index in [4.69, 9.17) is 4.74 Å². The lowest BCUT2D eigenvalue weighted by atomic mass is 9.48. The molecule has 10 heteroatoms. The third-order valence-electron chi connectivity index (χ3n) is 9.35. The summed E-state index contributed by atoms with van der Waals surface area (Å²) in [5.41, 5.74) is -0.486. The Bertz CT molecular complexity index is 1440. The first kappa shape index (κ1) is 22.4. The van der Waals surface area contributed by atoms with Gasteiger partial charge < -0.3 is 14.9 Å². The number of carbonyl (C=O) groups is 2. The van der Waals surface area contributed by atoms with Crippen molar-refractivity contribution in [2.24, 2.45) is 0 Å². The van der Waals surface area contributed by atoms with Crippen LogP contribution in [0.25, 0.3) is 0 Å². The molecule has 0 unspecified atom stereocenters. The largest absolute Gasteiger partial charge is 0.504 e. The molecular formula is C27H25N3O7. The van der Waals surface area contributed by atoms with E-state index in [-0.39, 0.29) is 28.6 Å². The van der Waals surface area contributed by atoms with Crippen LogP contribution in [0.3, 0.4) is 0 Å². The van der Waals surface area contributed by atoms with Crippen LogP contribution in [0, 0.1) is 10.1 Å². The van der Waals surface area contributed by atoms with Crippen LogP contribution in [0.5, 0.6) is 11.5 Å².